The minimum Gasteiger partial charge on any atom is -0.317 e. The average Bonchev–Trinajstić information content (AvgIpc) is 3.06. The molecule has 0 unspecified atom stereocenters. The second-order valence-electron chi connectivity index (χ2n) is 5.29. The third kappa shape index (κ3) is 3.09. The van der Waals surface area contributed by atoms with Gasteiger partial charge in [-0.3, -0.25) is 4.79 Å². The molecule has 1 saturated carbocycles. The largest absolute Gasteiger partial charge is 0.317 e. The van der Waals surface area contributed by atoms with Gasteiger partial charge in [0.1, 0.15) is 0 Å². The molecule has 1 aromatic rings. The van der Waals surface area contributed by atoms with Gasteiger partial charge in [0.15, 0.2) is 5.13 Å². The minimum absolute atomic E-state index is 0.128. The summed E-state index contributed by atoms with van der Waals surface area (Å²) >= 11 is 1.64. The quantitative estimate of drug-likeness (QED) is 0.878. The normalized spacial score (nSPS) is 20.9. The molecule has 0 spiro atoms. The fourth-order valence-electron chi connectivity index (χ4n) is 2.39. The van der Waals surface area contributed by atoms with Crippen LogP contribution in [0.25, 0.3) is 0 Å². The lowest BCUT2D eigenvalue weighted by Gasteiger charge is -2.20. The molecule has 3 rings (SSSR count). The summed E-state index contributed by atoms with van der Waals surface area (Å²) in [5.41, 5.74) is 0. The zero-order valence-corrected chi connectivity index (χ0v) is 11.3. The summed E-state index contributed by atoms with van der Waals surface area (Å²) in [5.74, 6) is 1.38. The van der Waals surface area contributed by atoms with E-state index in [9.17, 15) is 4.79 Å². The van der Waals surface area contributed by atoms with Gasteiger partial charge in [-0.15, -0.1) is 11.3 Å². The third-order valence-electron chi connectivity index (χ3n) is 3.68. The Morgan fingerprint density at radius 1 is 1.39 bits per heavy atom. The number of hydrogen-bond donors (Lipinski definition) is 2. The molecule has 1 amide bonds. The highest BCUT2D eigenvalue weighted by Gasteiger charge is 2.25. The van der Waals surface area contributed by atoms with Gasteiger partial charge >= 0.3 is 0 Å². The van der Waals surface area contributed by atoms with Gasteiger partial charge in [-0.05, 0) is 50.6 Å². The molecule has 1 saturated heterocycles. The second kappa shape index (κ2) is 5.36. The van der Waals surface area contributed by atoms with Gasteiger partial charge in [0.25, 0.3) is 0 Å². The molecule has 1 aromatic heterocycles. The maximum atomic E-state index is 11.7. The first kappa shape index (κ1) is 12.1. The number of amides is 1. The van der Waals surface area contributed by atoms with E-state index in [-0.39, 0.29) is 5.91 Å². The minimum atomic E-state index is 0.128. The molecule has 2 heterocycles. The summed E-state index contributed by atoms with van der Waals surface area (Å²) in [6, 6.07) is 0. The van der Waals surface area contributed by atoms with Crippen molar-refractivity contribution in [2.75, 3.05) is 18.4 Å². The number of piperidine rings is 1. The van der Waals surface area contributed by atoms with Gasteiger partial charge in [-0.25, -0.2) is 4.98 Å². The molecule has 1 aliphatic carbocycles. The molecule has 2 fully saturated rings. The van der Waals surface area contributed by atoms with E-state index in [1.165, 1.54) is 30.6 Å². The molecule has 2 N–H and O–H groups in total. The van der Waals surface area contributed by atoms with Crippen LogP contribution in [0.15, 0.2) is 6.20 Å². The Hall–Kier alpha value is -0.940. The number of aromatic nitrogens is 1. The van der Waals surface area contributed by atoms with Crippen LogP contribution in [0, 0.1) is 5.92 Å². The van der Waals surface area contributed by atoms with Crippen LogP contribution in [-0.2, 0) is 4.79 Å². The summed E-state index contributed by atoms with van der Waals surface area (Å²) in [6.07, 6.45) is 7.39. The predicted molar refractivity (Wildman–Crippen MR) is 72.9 cm³/mol. The van der Waals surface area contributed by atoms with Gasteiger partial charge in [0, 0.05) is 17.5 Å². The summed E-state index contributed by atoms with van der Waals surface area (Å²) in [7, 11) is 0. The summed E-state index contributed by atoms with van der Waals surface area (Å²) in [4.78, 5) is 17.3. The van der Waals surface area contributed by atoms with Gasteiger partial charge in [0.05, 0.1) is 0 Å². The highest BCUT2D eigenvalue weighted by atomic mass is 32.1. The molecule has 18 heavy (non-hydrogen) atoms. The molecular weight excluding hydrogens is 246 g/mol. The monoisotopic (exact) mass is 265 g/mol. The van der Waals surface area contributed by atoms with E-state index in [1.807, 2.05) is 6.20 Å². The molecule has 4 nitrogen and oxygen atoms in total. The SMILES string of the molecule is O=C(CC1CC1)Nc1ncc(C2CCNCC2)s1. The van der Waals surface area contributed by atoms with Crippen LogP contribution in [-0.4, -0.2) is 24.0 Å². The zero-order valence-electron chi connectivity index (χ0n) is 10.4. The fraction of sp³-hybridized carbons (Fsp3) is 0.692. The topological polar surface area (TPSA) is 54.0 Å². The number of carbonyl (C=O) groups is 1. The van der Waals surface area contributed by atoms with E-state index in [2.05, 4.69) is 15.6 Å². The van der Waals surface area contributed by atoms with Crippen molar-refractivity contribution in [3.05, 3.63) is 11.1 Å². The van der Waals surface area contributed by atoms with Crippen molar-refractivity contribution in [3.63, 3.8) is 0 Å². The Morgan fingerprint density at radius 2 is 2.17 bits per heavy atom. The van der Waals surface area contributed by atoms with Crippen molar-refractivity contribution < 1.29 is 4.79 Å². The second-order valence-corrected chi connectivity index (χ2v) is 6.35. The Kier molecular flexibility index (Phi) is 3.61. The lowest BCUT2D eigenvalue weighted by atomic mass is 9.97. The van der Waals surface area contributed by atoms with Crippen molar-refractivity contribution in [1.82, 2.24) is 10.3 Å². The Labute approximate surface area is 111 Å². The molecule has 2 aliphatic rings. The van der Waals surface area contributed by atoms with Crippen molar-refractivity contribution in [2.24, 2.45) is 5.92 Å². The number of thiazole rings is 1. The zero-order chi connectivity index (χ0) is 12.4. The van der Waals surface area contributed by atoms with Crippen LogP contribution in [0.5, 0.6) is 0 Å². The predicted octanol–water partition coefficient (Wildman–Crippen LogP) is 2.35. The lowest BCUT2D eigenvalue weighted by molar-refractivity contribution is -0.116. The standard InChI is InChI=1S/C13H19N3OS/c17-12(7-9-1-2-9)16-13-15-8-11(18-13)10-3-5-14-6-4-10/h8-10,14H,1-7H2,(H,15,16,17). The van der Waals surface area contributed by atoms with Crippen LogP contribution in [0.3, 0.4) is 0 Å². The van der Waals surface area contributed by atoms with Crippen LogP contribution in [0.4, 0.5) is 5.13 Å². The van der Waals surface area contributed by atoms with Gasteiger partial charge in [-0.2, -0.15) is 0 Å². The molecule has 0 radical (unpaired) electrons. The van der Waals surface area contributed by atoms with Crippen molar-refractivity contribution in [2.45, 2.75) is 38.0 Å². The highest BCUT2D eigenvalue weighted by Crippen LogP contribution is 2.34. The molecule has 98 valence electrons. The van der Waals surface area contributed by atoms with Crippen LogP contribution in [0.1, 0.15) is 42.9 Å². The lowest BCUT2D eigenvalue weighted by Crippen LogP contribution is -2.26. The Balaban J connectivity index is 1.56. The number of rotatable bonds is 4. The summed E-state index contributed by atoms with van der Waals surface area (Å²) in [5, 5.41) is 7.06. The van der Waals surface area contributed by atoms with Gasteiger partial charge < -0.3 is 10.6 Å². The van der Waals surface area contributed by atoms with E-state index < -0.39 is 0 Å². The van der Waals surface area contributed by atoms with E-state index in [0.717, 1.165) is 18.2 Å². The maximum Gasteiger partial charge on any atom is 0.226 e. The summed E-state index contributed by atoms with van der Waals surface area (Å²) < 4.78 is 0. The molecular formula is C13H19N3OS. The van der Waals surface area contributed by atoms with Gasteiger partial charge in [-0.1, -0.05) is 0 Å². The van der Waals surface area contributed by atoms with Crippen LogP contribution >= 0.6 is 11.3 Å². The van der Waals surface area contributed by atoms with E-state index in [1.54, 1.807) is 11.3 Å². The first-order valence-corrected chi connectivity index (χ1v) is 7.59. The first-order chi connectivity index (χ1) is 8.81. The number of nitrogens with zero attached hydrogens (tertiary/aromatic N) is 1. The molecule has 1 aliphatic heterocycles. The van der Waals surface area contributed by atoms with E-state index in [0.29, 0.717) is 18.3 Å². The number of carbonyl (C=O) groups excluding carboxylic acids is 1. The van der Waals surface area contributed by atoms with Crippen molar-refractivity contribution in [3.8, 4) is 0 Å². The summed E-state index contributed by atoms with van der Waals surface area (Å²) in [6.45, 7) is 2.18. The number of nitrogens with one attached hydrogen (secondary N) is 2. The molecule has 0 aromatic carbocycles. The smallest absolute Gasteiger partial charge is 0.226 e. The average molecular weight is 265 g/mol. The number of hydrogen-bond acceptors (Lipinski definition) is 4. The first-order valence-electron chi connectivity index (χ1n) is 6.77. The Bertz CT molecular complexity index is 422. The molecule has 5 heteroatoms. The van der Waals surface area contributed by atoms with Crippen LogP contribution in [0.2, 0.25) is 0 Å². The van der Waals surface area contributed by atoms with E-state index >= 15 is 0 Å². The van der Waals surface area contributed by atoms with Crippen LogP contribution < -0.4 is 10.6 Å². The maximum absolute atomic E-state index is 11.7. The molecule has 0 atom stereocenters. The Morgan fingerprint density at radius 3 is 2.89 bits per heavy atom. The fourth-order valence-corrected chi connectivity index (χ4v) is 3.40. The number of anilines is 1. The molecule has 0 bridgehead atoms. The van der Waals surface area contributed by atoms with Crippen molar-refractivity contribution in [1.29, 1.82) is 0 Å². The van der Waals surface area contributed by atoms with E-state index in [4.69, 9.17) is 0 Å². The van der Waals surface area contributed by atoms with Gasteiger partial charge in [0.2, 0.25) is 5.91 Å². The third-order valence-corrected chi connectivity index (χ3v) is 4.76. The highest BCUT2D eigenvalue weighted by molar-refractivity contribution is 7.15. The van der Waals surface area contributed by atoms with Crippen molar-refractivity contribution >= 4 is 22.4 Å².